The number of nitrogens with one attached hydrogen (secondary N) is 1. The molecule has 8 nitrogen and oxygen atoms in total. The zero-order chi connectivity index (χ0) is 14.2. The van der Waals surface area contributed by atoms with Crippen LogP contribution < -0.4 is 11.3 Å². The highest BCUT2D eigenvalue weighted by Crippen LogP contribution is 2.38. The Morgan fingerprint density at radius 3 is 2.74 bits per heavy atom. The fraction of sp³-hybridized carbons (Fsp3) is 0.556. The molecule has 0 aromatic carbocycles. The van der Waals surface area contributed by atoms with Crippen LogP contribution >= 0.6 is 11.3 Å². The zero-order valence-corrected chi connectivity index (χ0v) is 11.8. The summed E-state index contributed by atoms with van der Waals surface area (Å²) in [5, 5.41) is 10.9. The SMILES string of the molecule is CC1CCCN1S(=O)(=O)c1cc([N+](=O)[O-])c(NN)s1. The van der Waals surface area contributed by atoms with Gasteiger partial charge in [-0.05, 0) is 19.8 Å². The van der Waals surface area contributed by atoms with Crippen molar-refractivity contribution in [3.8, 4) is 0 Å². The number of rotatable bonds is 4. The van der Waals surface area contributed by atoms with Gasteiger partial charge < -0.3 is 5.43 Å². The standard InChI is InChI=1S/C9H14N4O4S2/c1-6-3-2-4-12(6)19(16,17)8-5-7(13(14)15)9(11-10)18-8/h5-6,11H,2-4,10H2,1H3. The molecule has 2 rings (SSSR count). The number of hydrogen-bond acceptors (Lipinski definition) is 7. The molecule has 106 valence electrons. The molecule has 2 heterocycles. The molecule has 0 aliphatic carbocycles. The van der Waals surface area contributed by atoms with E-state index in [2.05, 4.69) is 5.43 Å². The van der Waals surface area contributed by atoms with Crippen molar-refractivity contribution in [3.63, 3.8) is 0 Å². The fourth-order valence-electron chi connectivity index (χ4n) is 2.11. The first-order chi connectivity index (χ1) is 8.87. The largest absolute Gasteiger partial charge is 0.310 e. The Labute approximate surface area is 114 Å². The summed E-state index contributed by atoms with van der Waals surface area (Å²) < 4.78 is 26.1. The van der Waals surface area contributed by atoms with Gasteiger partial charge in [-0.1, -0.05) is 11.3 Å². The van der Waals surface area contributed by atoms with Gasteiger partial charge in [-0.2, -0.15) is 4.31 Å². The molecular formula is C9H14N4O4S2. The lowest BCUT2D eigenvalue weighted by atomic mass is 10.3. The van der Waals surface area contributed by atoms with E-state index in [0.717, 1.165) is 30.2 Å². The van der Waals surface area contributed by atoms with Gasteiger partial charge in [0, 0.05) is 18.7 Å². The van der Waals surface area contributed by atoms with E-state index in [1.807, 2.05) is 6.92 Å². The van der Waals surface area contributed by atoms with E-state index in [0.29, 0.717) is 6.54 Å². The fourth-order valence-corrected chi connectivity index (χ4v) is 5.17. The van der Waals surface area contributed by atoms with Crippen LogP contribution in [-0.2, 0) is 10.0 Å². The summed E-state index contributed by atoms with van der Waals surface area (Å²) in [6, 6.07) is 0.973. The Balaban J connectivity index is 2.44. The third-order valence-electron chi connectivity index (χ3n) is 3.07. The lowest BCUT2D eigenvalue weighted by molar-refractivity contribution is -0.383. The summed E-state index contributed by atoms with van der Waals surface area (Å²) in [5.41, 5.74) is 1.84. The van der Waals surface area contributed by atoms with E-state index < -0.39 is 14.9 Å². The normalized spacial score (nSPS) is 20.6. The number of nitrogens with two attached hydrogens (primary N) is 1. The Morgan fingerprint density at radius 2 is 2.32 bits per heavy atom. The lowest BCUT2D eigenvalue weighted by Gasteiger charge is -2.19. The Bertz CT molecular complexity index is 597. The molecule has 0 saturated carbocycles. The molecular weight excluding hydrogens is 292 g/mol. The number of nitro groups is 1. The number of thiophene rings is 1. The van der Waals surface area contributed by atoms with E-state index in [-0.39, 0.29) is 20.9 Å². The van der Waals surface area contributed by atoms with Crippen molar-refractivity contribution in [1.82, 2.24) is 4.31 Å². The minimum Gasteiger partial charge on any atom is -0.310 e. The summed E-state index contributed by atoms with van der Waals surface area (Å²) in [7, 11) is -3.68. The number of hydrazine groups is 1. The van der Waals surface area contributed by atoms with E-state index in [1.165, 1.54) is 4.31 Å². The van der Waals surface area contributed by atoms with E-state index in [9.17, 15) is 18.5 Å². The van der Waals surface area contributed by atoms with Crippen molar-refractivity contribution in [2.45, 2.75) is 30.0 Å². The second-order valence-electron chi connectivity index (χ2n) is 4.29. The Hall–Kier alpha value is -1.23. The van der Waals surface area contributed by atoms with Crippen molar-refractivity contribution in [3.05, 3.63) is 16.2 Å². The molecule has 0 bridgehead atoms. The molecule has 10 heteroatoms. The van der Waals surface area contributed by atoms with E-state index in [4.69, 9.17) is 5.84 Å². The van der Waals surface area contributed by atoms with Crippen LogP contribution in [0.3, 0.4) is 0 Å². The molecule has 1 atom stereocenters. The van der Waals surface area contributed by atoms with Gasteiger partial charge in [0.2, 0.25) is 0 Å². The maximum absolute atomic E-state index is 12.4. The third-order valence-corrected chi connectivity index (χ3v) is 6.59. The predicted octanol–water partition coefficient (Wildman–Crippen LogP) is 1.11. The third kappa shape index (κ3) is 2.43. The first kappa shape index (κ1) is 14.2. The minimum atomic E-state index is -3.68. The van der Waals surface area contributed by atoms with Crippen LogP contribution in [0, 0.1) is 10.1 Å². The molecule has 0 amide bonds. The summed E-state index contributed by atoms with van der Waals surface area (Å²) >= 11 is 0.776. The summed E-state index contributed by atoms with van der Waals surface area (Å²) in [5.74, 6) is 5.17. The van der Waals surface area contributed by atoms with Crippen LogP contribution in [0.15, 0.2) is 10.3 Å². The average Bonchev–Trinajstić information content (AvgIpc) is 2.94. The second kappa shape index (κ2) is 5.04. The maximum Gasteiger partial charge on any atom is 0.306 e. The first-order valence-electron chi connectivity index (χ1n) is 5.64. The van der Waals surface area contributed by atoms with Crippen LogP contribution in [0.2, 0.25) is 0 Å². The zero-order valence-electron chi connectivity index (χ0n) is 10.2. The van der Waals surface area contributed by atoms with Gasteiger partial charge >= 0.3 is 5.69 Å². The average molecular weight is 306 g/mol. The van der Waals surface area contributed by atoms with Crippen LogP contribution in [0.4, 0.5) is 10.7 Å². The molecule has 1 fully saturated rings. The highest BCUT2D eigenvalue weighted by Gasteiger charge is 2.35. The summed E-state index contributed by atoms with van der Waals surface area (Å²) in [6.07, 6.45) is 1.60. The lowest BCUT2D eigenvalue weighted by Crippen LogP contribution is -2.33. The molecule has 0 radical (unpaired) electrons. The van der Waals surface area contributed by atoms with Gasteiger partial charge in [-0.15, -0.1) is 0 Å². The molecule has 1 unspecified atom stereocenters. The topological polar surface area (TPSA) is 119 Å². The van der Waals surface area contributed by atoms with Crippen LogP contribution in [-0.4, -0.2) is 30.2 Å². The molecule has 1 saturated heterocycles. The second-order valence-corrected chi connectivity index (χ2v) is 7.46. The molecule has 1 aromatic rings. The summed E-state index contributed by atoms with van der Waals surface area (Å²) in [4.78, 5) is 10.2. The van der Waals surface area contributed by atoms with Crippen molar-refractivity contribution < 1.29 is 13.3 Å². The monoisotopic (exact) mass is 306 g/mol. The maximum atomic E-state index is 12.4. The van der Waals surface area contributed by atoms with Crippen molar-refractivity contribution >= 4 is 32.0 Å². The number of nitrogens with zero attached hydrogens (tertiary/aromatic N) is 2. The Kier molecular flexibility index (Phi) is 3.76. The molecule has 19 heavy (non-hydrogen) atoms. The van der Waals surface area contributed by atoms with Crippen LogP contribution in [0.25, 0.3) is 0 Å². The molecule has 1 aliphatic heterocycles. The minimum absolute atomic E-state index is 0.0374. The van der Waals surface area contributed by atoms with Crippen molar-refractivity contribution in [2.24, 2.45) is 5.84 Å². The predicted molar refractivity (Wildman–Crippen MR) is 71.4 cm³/mol. The molecule has 3 N–H and O–H groups in total. The van der Waals surface area contributed by atoms with Gasteiger partial charge in [-0.3, -0.25) is 10.1 Å². The van der Waals surface area contributed by atoms with Gasteiger partial charge in [-0.25, -0.2) is 14.3 Å². The molecule has 1 aromatic heterocycles. The van der Waals surface area contributed by atoms with Gasteiger partial charge in [0.1, 0.15) is 4.21 Å². The van der Waals surface area contributed by atoms with E-state index in [1.54, 1.807) is 0 Å². The van der Waals surface area contributed by atoms with Gasteiger partial charge in [0.05, 0.1) is 4.92 Å². The smallest absolute Gasteiger partial charge is 0.306 e. The van der Waals surface area contributed by atoms with Gasteiger partial charge in [0.15, 0.2) is 5.00 Å². The van der Waals surface area contributed by atoms with Gasteiger partial charge in [0.25, 0.3) is 10.0 Å². The van der Waals surface area contributed by atoms with Crippen LogP contribution in [0.5, 0.6) is 0 Å². The van der Waals surface area contributed by atoms with Crippen LogP contribution in [0.1, 0.15) is 19.8 Å². The highest BCUT2D eigenvalue weighted by molar-refractivity contribution is 7.91. The number of hydrogen-bond donors (Lipinski definition) is 2. The van der Waals surface area contributed by atoms with Crippen molar-refractivity contribution in [1.29, 1.82) is 0 Å². The van der Waals surface area contributed by atoms with E-state index >= 15 is 0 Å². The summed E-state index contributed by atoms with van der Waals surface area (Å²) in [6.45, 7) is 2.27. The molecule has 1 aliphatic rings. The molecule has 0 spiro atoms. The number of sulfonamides is 1. The quantitative estimate of drug-likeness (QED) is 0.488. The Morgan fingerprint density at radius 1 is 1.63 bits per heavy atom. The number of anilines is 1. The highest BCUT2D eigenvalue weighted by atomic mass is 32.2. The first-order valence-corrected chi connectivity index (χ1v) is 7.90. The van der Waals surface area contributed by atoms with Crippen molar-refractivity contribution in [2.75, 3.05) is 12.0 Å². The number of nitrogen functional groups attached to an aromatic ring is 1.